The van der Waals surface area contributed by atoms with E-state index in [1.807, 2.05) is 0 Å². The summed E-state index contributed by atoms with van der Waals surface area (Å²) in [6, 6.07) is 6.59. The van der Waals surface area contributed by atoms with Gasteiger partial charge in [-0.15, -0.1) is 12.4 Å². The number of unbranched alkanes of at least 4 members (excludes halogenated alkanes) is 1. The first kappa shape index (κ1) is 21.3. The largest absolute Gasteiger partial charge is 0.365 e. The van der Waals surface area contributed by atoms with Gasteiger partial charge in [-0.05, 0) is 37.0 Å². The molecule has 0 spiro atoms. The Morgan fingerprint density at radius 2 is 1.93 bits per heavy atom. The van der Waals surface area contributed by atoms with E-state index in [1.165, 1.54) is 12.1 Å². The van der Waals surface area contributed by atoms with Gasteiger partial charge in [0.2, 0.25) is 0 Å². The van der Waals surface area contributed by atoms with Crippen molar-refractivity contribution >= 4 is 18.2 Å². The van der Waals surface area contributed by atoms with Gasteiger partial charge in [0.1, 0.15) is 23.2 Å². The SMILES string of the molecule is CCCCc1nc2c3n(c(=O)n(CCC)c-2n1)CC(Cc1ccc(F)cc1)N3.Cl. The topological polar surface area (TPSA) is 64.7 Å². The number of anilines is 1. The number of fused-ring (bicyclic) bond motifs is 3. The number of halogens is 2. The van der Waals surface area contributed by atoms with E-state index >= 15 is 0 Å². The first-order valence-corrected chi connectivity index (χ1v) is 10.1. The Kier molecular flexibility index (Phi) is 6.57. The van der Waals surface area contributed by atoms with Crippen LogP contribution in [0.2, 0.25) is 0 Å². The van der Waals surface area contributed by atoms with Crippen molar-refractivity contribution in [1.82, 2.24) is 19.1 Å². The van der Waals surface area contributed by atoms with Gasteiger partial charge in [-0.1, -0.05) is 32.4 Å². The fraction of sp³-hybridized carbons (Fsp3) is 0.476. The summed E-state index contributed by atoms with van der Waals surface area (Å²) in [6.07, 6.45) is 4.51. The van der Waals surface area contributed by atoms with Gasteiger partial charge in [0, 0.05) is 25.6 Å². The lowest BCUT2D eigenvalue weighted by atomic mass is 10.1. The van der Waals surface area contributed by atoms with E-state index in [9.17, 15) is 9.18 Å². The van der Waals surface area contributed by atoms with E-state index in [-0.39, 0.29) is 30.0 Å². The number of nitrogens with one attached hydrogen (secondary N) is 1. The van der Waals surface area contributed by atoms with Crippen LogP contribution in [0.25, 0.3) is 11.5 Å². The first-order chi connectivity index (χ1) is 13.6. The number of benzene rings is 1. The molecule has 1 aromatic rings. The molecule has 1 aromatic carbocycles. The zero-order chi connectivity index (χ0) is 19.7. The highest BCUT2D eigenvalue weighted by atomic mass is 35.5. The minimum Gasteiger partial charge on any atom is -0.365 e. The van der Waals surface area contributed by atoms with Crippen molar-refractivity contribution in [3.05, 3.63) is 52.0 Å². The molecule has 8 heteroatoms. The van der Waals surface area contributed by atoms with E-state index in [0.29, 0.717) is 25.3 Å². The smallest absolute Gasteiger partial charge is 0.331 e. The number of hydrogen-bond acceptors (Lipinski definition) is 4. The predicted molar refractivity (Wildman–Crippen MR) is 115 cm³/mol. The number of imidazole rings is 1. The lowest BCUT2D eigenvalue weighted by molar-refractivity contribution is 0.560. The predicted octanol–water partition coefficient (Wildman–Crippen LogP) is 3.89. The van der Waals surface area contributed by atoms with Gasteiger partial charge in [0.15, 0.2) is 5.82 Å². The average molecular weight is 420 g/mol. The normalized spacial score (nSPS) is 15.2. The van der Waals surface area contributed by atoms with E-state index < -0.39 is 0 Å². The van der Waals surface area contributed by atoms with E-state index in [2.05, 4.69) is 24.1 Å². The first-order valence-electron chi connectivity index (χ1n) is 10.1. The molecule has 29 heavy (non-hydrogen) atoms. The Bertz CT molecular complexity index is 998. The van der Waals surface area contributed by atoms with Gasteiger partial charge in [0.25, 0.3) is 0 Å². The molecule has 0 saturated carbocycles. The van der Waals surface area contributed by atoms with Crippen LogP contribution in [0.1, 0.15) is 44.5 Å². The molecule has 4 rings (SSSR count). The van der Waals surface area contributed by atoms with E-state index in [1.54, 1.807) is 21.3 Å². The maximum absolute atomic E-state index is 13.2. The van der Waals surface area contributed by atoms with Crippen LogP contribution in [0.3, 0.4) is 0 Å². The van der Waals surface area contributed by atoms with E-state index in [0.717, 1.165) is 48.6 Å². The summed E-state index contributed by atoms with van der Waals surface area (Å²) in [5, 5.41) is 3.47. The lowest BCUT2D eigenvalue weighted by Crippen LogP contribution is -2.32. The van der Waals surface area contributed by atoms with Crippen molar-refractivity contribution in [3.63, 3.8) is 0 Å². The second-order valence-electron chi connectivity index (χ2n) is 7.48. The van der Waals surface area contributed by atoms with Gasteiger partial charge < -0.3 is 5.32 Å². The molecule has 0 aliphatic carbocycles. The van der Waals surface area contributed by atoms with Crippen LogP contribution >= 0.6 is 12.4 Å². The van der Waals surface area contributed by atoms with Crippen LogP contribution in [0, 0.1) is 5.82 Å². The highest BCUT2D eigenvalue weighted by molar-refractivity contribution is 5.85. The van der Waals surface area contributed by atoms with Crippen LogP contribution in [0.5, 0.6) is 0 Å². The summed E-state index contributed by atoms with van der Waals surface area (Å²) < 4.78 is 16.7. The molecule has 1 atom stereocenters. The van der Waals surface area contributed by atoms with Crippen LogP contribution < -0.4 is 11.0 Å². The Labute approximate surface area is 175 Å². The third-order valence-electron chi connectivity index (χ3n) is 5.24. The van der Waals surface area contributed by atoms with Crippen molar-refractivity contribution in [3.8, 4) is 11.5 Å². The molecule has 0 radical (unpaired) electrons. The van der Waals surface area contributed by atoms with Gasteiger partial charge >= 0.3 is 5.69 Å². The highest BCUT2D eigenvalue weighted by Gasteiger charge is 2.31. The van der Waals surface area contributed by atoms with Crippen LogP contribution in [-0.4, -0.2) is 25.1 Å². The standard InChI is InChI=1S/C21H26FN5O.ClH/c1-3-5-6-17-24-18-19-23-16(12-14-7-9-15(22)10-8-14)13-27(19)21(28)26(11-4-2)20(18)25-17;/h7-10,16,23H,3-6,11-13H2,1-2H3;1H. The Morgan fingerprint density at radius 1 is 1.17 bits per heavy atom. The number of nitrogens with zero attached hydrogens (tertiary/aromatic N) is 4. The maximum Gasteiger partial charge on any atom is 0.331 e. The van der Waals surface area contributed by atoms with Crippen LogP contribution in [0.15, 0.2) is 29.1 Å². The monoisotopic (exact) mass is 419 g/mol. The minimum absolute atomic E-state index is 0. The molecule has 1 unspecified atom stereocenters. The Hall–Kier alpha value is -2.41. The molecule has 1 N–H and O–H groups in total. The van der Waals surface area contributed by atoms with Crippen molar-refractivity contribution in [2.24, 2.45) is 0 Å². The summed E-state index contributed by atoms with van der Waals surface area (Å²) in [4.78, 5) is 22.5. The summed E-state index contributed by atoms with van der Waals surface area (Å²) in [6.45, 7) is 5.40. The Balaban J connectivity index is 0.00000240. The van der Waals surface area contributed by atoms with Gasteiger partial charge in [-0.25, -0.2) is 19.2 Å². The van der Waals surface area contributed by atoms with Crippen molar-refractivity contribution in [2.45, 2.75) is 65.1 Å². The van der Waals surface area contributed by atoms with Crippen LogP contribution in [-0.2, 0) is 25.9 Å². The van der Waals surface area contributed by atoms with Crippen molar-refractivity contribution in [1.29, 1.82) is 0 Å². The summed E-state index contributed by atoms with van der Waals surface area (Å²) in [7, 11) is 0. The van der Waals surface area contributed by atoms with Gasteiger partial charge in [0.05, 0.1) is 0 Å². The number of aromatic nitrogens is 4. The summed E-state index contributed by atoms with van der Waals surface area (Å²) in [5.41, 5.74) is 1.77. The highest BCUT2D eigenvalue weighted by Crippen LogP contribution is 2.31. The lowest BCUT2D eigenvalue weighted by Gasteiger charge is -2.13. The van der Waals surface area contributed by atoms with Crippen LogP contribution in [0.4, 0.5) is 10.2 Å². The Morgan fingerprint density at radius 3 is 2.62 bits per heavy atom. The second kappa shape index (κ2) is 8.95. The maximum atomic E-state index is 13.2. The molecule has 6 nitrogen and oxygen atoms in total. The quantitative estimate of drug-likeness (QED) is 0.630. The fourth-order valence-electron chi connectivity index (χ4n) is 3.85. The summed E-state index contributed by atoms with van der Waals surface area (Å²) >= 11 is 0. The van der Waals surface area contributed by atoms with Crippen molar-refractivity contribution in [2.75, 3.05) is 5.32 Å². The molecule has 0 bridgehead atoms. The number of aryl methyl sites for hydroxylation is 1. The van der Waals surface area contributed by atoms with Gasteiger partial charge in [-0.3, -0.25) is 9.13 Å². The number of rotatable bonds is 7. The molecule has 156 valence electrons. The number of hydrogen-bond donors (Lipinski definition) is 1. The molecular formula is C21H27ClFN5O. The van der Waals surface area contributed by atoms with Crippen molar-refractivity contribution < 1.29 is 4.39 Å². The molecule has 3 aliphatic rings. The van der Waals surface area contributed by atoms with Gasteiger partial charge in [-0.2, -0.15) is 0 Å². The second-order valence-corrected chi connectivity index (χ2v) is 7.48. The zero-order valence-corrected chi connectivity index (χ0v) is 17.6. The molecule has 0 fully saturated rings. The molecule has 3 aliphatic heterocycles. The molecule has 0 amide bonds. The molecular weight excluding hydrogens is 393 g/mol. The average Bonchev–Trinajstić information content (AvgIpc) is 3.29. The third-order valence-corrected chi connectivity index (χ3v) is 5.24. The fourth-order valence-corrected chi connectivity index (χ4v) is 3.85. The third kappa shape index (κ3) is 4.15. The molecule has 3 heterocycles. The minimum atomic E-state index is -0.239. The van der Waals surface area contributed by atoms with E-state index in [4.69, 9.17) is 4.98 Å². The zero-order valence-electron chi connectivity index (χ0n) is 16.8. The molecule has 0 saturated heterocycles. The summed E-state index contributed by atoms with van der Waals surface area (Å²) in [5.74, 6) is 2.00. The molecule has 0 aromatic heterocycles.